The maximum Gasteiger partial charge on any atom is 0.228 e. The van der Waals surface area contributed by atoms with E-state index in [0.29, 0.717) is 5.69 Å². The Morgan fingerprint density at radius 3 is 3.15 bits per heavy atom. The second kappa shape index (κ2) is 2.14. The van der Waals surface area contributed by atoms with E-state index in [4.69, 9.17) is 0 Å². The van der Waals surface area contributed by atoms with E-state index in [-0.39, 0.29) is 5.78 Å². The highest BCUT2D eigenvalue weighted by Crippen LogP contribution is 2.33. The summed E-state index contributed by atoms with van der Waals surface area (Å²) in [7, 11) is 0. The average Bonchev–Trinajstić information content (AvgIpc) is 2.71. The molecule has 1 aliphatic heterocycles. The number of aromatic nitrogens is 2. The van der Waals surface area contributed by atoms with E-state index in [1.807, 2.05) is 22.9 Å². The van der Waals surface area contributed by atoms with Gasteiger partial charge in [-0.15, -0.1) is 0 Å². The van der Waals surface area contributed by atoms with E-state index in [1.54, 1.807) is 6.20 Å². The Bertz CT molecular complexity index is 509. The van der Waals surface area contributed by atoms with E-state index < -0.39 is 0 Å². The van der Waals surface area contributed by atoms with Crippen LogP contribution in [0.3, 0.4) is 0 Å². The summed E-state index contributed by atoms with van der Waals surface area (Å²) >= 11 is 3.40. The van der Waals surface area contributed by atoms with Crippen LogP contribution in [0.25, 0.3) is 5.69 Å². The van der Waals surface area contributed by atoms with Crippen molar-refractivity contribution in [2.75, 3.05) is 0 Å². The predicted octanol–water partition coefficient (Wildman–Crippen LogP) is 2.11. The van der Waals surface area contributed by atoms with Crippen LogP contribution in [-0.4, -0.2) is 15.3 Å². The fourth-order valence-corrected chi connectivity index (χ4v) is 2.19. The molecule has 0 fully saturated rings. The molecular weight excluding hydrogens is 232 g/mol. The number of carbonyl (C=O) groups is 1. The van der Waals surface area contributed by atoms with Gasteiger partial charge in [0.15, 0.2) is 0 Å². The summed E-state index contributed by atoms with van der Waals surface area (Å²) in [5.74, 6) is 0.0608. The second-order valence-electron chi connectivity index (χ2n) is 2.95. The lowest BCUT2D eigenvalue weighted by molar-refractivity contribution is 0.103. The maximum absolute atomic E-state index is 11.7. The zero-order valence-corrected chi connectivity index (χ0v) is 8.13. The zero-order valence-electron chi connectivity index (χ0n) is 6.54. The monoisotopic (exact) mass is 236 g/mol. The molecule has 0 spiro atoms. The third-order valence-corrected chi connectivity index (χ3v) is 2.86. The van der Waals surface area contributed by atoms with Crippen molar-refractivity contribution in [2.45, 2.75) is 0 Å². The molecule has 0 unspecified atom stereocenters. The summed E-state index contributed by atoms with van der Waals surface area (Å²) in [5.41, 5.74) is 2.31. The van der Waals surface area contributed by atoms with E-state index in [0.717, 1.165) is 15.9 Å². The fourth-order valence-electron chi connectivity index (χ4n) is 1.69. The van der Waals surface area contributed by atoms with Gasteiger partial charge in [0.1, 0.15) is 5.69 Å². The molecule has 0 saturated carbocycles. The molecule has 3 heterocycles. The number of ketones is 1. The number of rotatable bonds is 0. The molecule has 0 bridgehead atoms. The average molecular weight is 237 g/mol. The SMILES string of the molecule is O=C1c2[nH]cc(Br)c2-n2cccc21. The van der Waals surface area contributed by atoms with E-state index in [1.165, 1.54) is 0 Å². The molecule has 0 aromatic carbocycles. The minimum Gasteiger partial charge on any atom is -0.356 e. The minimum atomic E-state index is 0.0608. The third-order valence-electron chi connectivity index (χ3n) is 2.26. The van der Waals surface area contributed by atoms with Crippen molar-refractivity contribution in [3.63, 3.8) is 0 Å². The fraction of sp³-hybridized carbons (Fsp3) is 0. The topological polar surface area (TPSA) is 37.8 Å². The molecule has 0 radical (unpaired) electrons. The summed E-state index contributed by atoms with van der Waals surface area (Å²) in [6.07, 6.45) is 3.67. The molecule has 0 amide bonds. The molecule has 2 aromatic rings. The van der Waals surface area contributed by atoms with Gasteiger partial charge in [0.05, 0.1) is 15.9 Å². The molecule has 2 aromatic heterocycles. The highest BCUT2D eigenvalue weighted by molar-refractivity contribution is 9.10. The van der Waals surface area contributed by atoms with Crippen molar-refractivity contribution in [1.29, 1.82) is 0 Å². The number of nitrogens with zero attached hydrogens (tertiary/aromatic N) is 1. The Balaban J connectivity index is 2.46. The largest absolute Gasteiger partial charge is 0.356 e. The number of H-pyrrole nitrogens is 1. The van der Waals surface area contributed by atoms with Gasteiger partial charge >= 0.3 is 0 Å². The van der Waals surface area contributed by atoms with Crippen molar-refractivity contribution in [3.8, 4) is 5.69 Å². The summed E-state index contributed by atoms with van der Waals surface area (Å²) in [6, 6.07) is 3.69. The van der Waals surface area contributed by atoms with Crippen molar-refractivity contribution < 1.29 is 4.79 Å². The van der Waals surface area contributed by atoms with Crippen LogP contribution >= 0.6 is 15.9 Å². The Labute approximate surface area is 82.5 Å². The van der Waals surface area contributed by atoms with E-state index >= 15 is 0 Å². The Morgan fingerprint density at radius 2 is 2.31 bits per heavy atom. The van der Waals surface area contributed by atoms with Crippen LogP contribution in [0.5, 0.6) is 0 Å². The van der Waals surface area contributed by atoms with Crippen molar-refractivity contribution in [3.05, 3.63) is 40.4 Å². The number of hydrogen-bond acceptors (Lipinski definition) is 1. The van der Waals surface area contributed by atoms with Crippen LogP contribution < -0.4 is 0 Å². The van der Waals surface area contributed by atoms with Gasteiger partial charge in [-0.3, -0.25) is 4.79 Å². The number of carbonyl (C=O) groups excluding carboxylic acids is 1. The molecule has 1 aliphatic rings. The molecule has 1 N–H and O–H groups in total. The summed E-state index contributed by atoms with van der Waals surface area (Å²) in [4.78, 5) is 14.6. The van der Waals surface area contributed by atoms with E-state index in [9.17, 15) is 4.79 Å². The first-order valence-corrected chi connectivity index (χ1v) is 4.67. The number of halogens is 1. The Hall–Kier alpha value is -1.29. The zero-order chi connectivity index (χ0) is 9.00. The minimum absolute atomic E-state index is 0.0608. The van der Waals surface area contributed by atoms with Crippen LogP contribution in [0, 0.1) is 0 Å². The molecule has 4 heteroatoms. The first-order chi connectivity index (χ1) is 6.29. The van der Waals surface area contributed by atoms with Crippen molar-refractivity contribution >= 4 is 21.7 Å². The van der Waals surface area contributed by atoms with Gasteiger partial charge in [-0.25, -0.2) is 0 Å². The highest BCUT2D eigenvalue weighted by atomic mass is 79.9. The van der Waals surface area contributed by atoms with Gasteiger partial charge in [0.2, 0.25) is 5.78 Å². The van der Waals surface area contributed by atoms with Gasteiger partial charge in [-0.05, 0) is 28.1 Å². The van der Waals surface area contributed by atoms with Gasteiger partial charge in [0, 0.05) is 12.4 Å². The van der Waals surface area contributed by atoms with Gasteiger partial charge in [-0.1, -0.05) is 0 Å². The highest BCUT2D eigenvalue weighted by Gasteiger charge is 2.29. The van der Waals surface area contributed by atoms with Crippen LogP contribution in [0.15, 0.2) is 29.0 Å². The van der Waals surface area contributed by atoms with E-state index in [2.05, 4.69) is 20.9 Å². The lowest BCUT2D eigenvalue weighted by atomic mass is 10.2. The summed E-state index contributed by atoms with van der Waals surface area (Å²) in [5, 5.41) is 0. The van der Waals surface area contributed by atoms with Crippen LogP contribution in [0.1, 0.15) is 16.2 Å². The smallest absolute Gasteiger partial charge is 0.228 e. The lowest BCUT2D eigenvalue weighted by Gasteiger charge is -1.95. The molecule has 0 saturated heterocycles. The van der Waals surface area contributed by atoms with Crippen LogP contribution in [0.4, 0.5) is 0 Å². The molecule has 3 rings (SSSR count). The molecule has 0 aliphatic carbocycles. The van der Waals surface area contributed by atoms with Crippen LogP contribution in [0.2, 0.25) is 0 Å². The van der Waals surface area contributed by atoms with Crippen molar-refractivity contribution in [1.82, 2.24) is 9.55 Å². The number of nitrogens with one attached hydrogen (secondary N) is 1. The molecular formula is C9H5BrN2O. The van der Waals surface area contributed by atoms with Crippen LogP contribution in [-0.2, 0) is 0 Å². The predicted molar refractivity (Wildman–Crippen MR) is 51.3 cm³/mol. The van der Waals surface area contributed by atoms with Crippen molar-refractivity contribution in [2.24, 2.45) is 0 Å². The Morgan fingerprint density at radius 1 is 1.46 bits per heavy atom. The quantitative estimate of drug-likeness (QED) is 0.638. The maximum atomic E-state index is 11.7. The summed E-state index contributed by atoms with van der Waals surface area (Å²) < 4.78 is 2.81. The van der Waals surface area contributed by atoms with Gasteiger partial charge in [-0.2, -0.15) is 0 Å². The first kappa shape index (κ1) is 7.15. The number of hydrogen-bond donors (Lipinski definition) is 1. The number of aromatic amines is 1. The first-order valence-electron chi connectivity index (χ1n) is 3.88. The standard InChI is InChI=1S/C9H5BrN2O/c10-5-4-11-7-8(5)12-3-1-2-6(12)9(7)13/h1-4,11H. The molecule has 13 heavy (non-hydrogen) atoms. The molecule has 3 nitrogen and oxygen atoms in total. The Kier molecular flexibility index (Phi) is 1.18. The number of fused-ring (bicyclic) bond motifs is 3. The molecule has 64 valence electrons. The lowest BCUT2D eigenvalue weighted by Crippen LogP contribution is -1.96. The third kappa shape index (κ3) is 0.715. The molecule has 0 atom stereocenters. The summed E-state index contributed by atoms with van der Waals surface area (Å²) in [6.45, 7) is 0. The normalized spacial score (nSPS) is 13.2. The van der Waals surface area contributed by atoms with Gasteiger partial charge < -0.3 is 9.55 Å². The van der Waals surface area contributed by atoms with Gasteiger partial charge in [0.25, 0.3) is 0 Å². The second-order valence-corrected chi connectivity index (χ2v) is 3.81.